The van der Waals surface area contributed by atoms with E-state index in [9.17, 15) is 33.2 Å². The molecule has 66 heavy (non-hydrogen) atoms. The first-order valence-corrected chi connectivity index (χ1v) is 23.7. The summed E-state index contributed by atoms with van der Waals surface area (Å²) < 4.78 is 35.2. The number of Topliss-reactive ketones (excluding diaryl/α,β-unsaturated/α-hetero) is 2. The van der Waals surface area contributed by atoms with Crippen molar-refractivity contribution in [3.8, 4) is 0 Å². The number of amides is 2. The summed E-state index contributed by atoms with van der Waals surface area (Å²) in [6.07, 6.45) is 5.91. The number of carbonyl (C=O) groups is 6. The Morgan fingerprint density at radius 3 is 1.39 bits per heavy atom. The van der Waals surface area contributed by atoms with Gasteiger partial charge >= 0.3 is 11.9 Å². The molecule has 0 aromatic heterocycles. The number of anilines is 1. The average molecular weight is 908 g/mol. The molecule has 8 atom stereocenters. The van der Waals surface area contributed by atoms with Crippen molar-refractivity contribution in [2.75, 3.05) is 58.6 Å². The van der Waals surface area contributed by atoms with Gasteiger partial charge in [0, 0.05) is 44.8 Å². The Kier molecular flexibility index (Phi) is 15.3. The van der Waals surface area contributed by atoms with E-state index in [0.29, 0.717) is 65.2 Å². The Balaban J connectivity index is 0.929. The molecule has 5 fully saturated rings. The lowest BCUT2D eigenvalue weighted by Crippen LogP contribution is -2.46. The summed E-state index contributed by atoms with van der Waals surface area (Å²) in [5.41, 5.74) is 4.70. The van der Waals surface area contributed by atoms with E-state index in [4.69, 9.17) is 18.9 Å². The molecule has 14 heteroatoms. The molecule has 0 bridgehead atoms. The SMILES string of the molecule is COC(=O)C[C@H](C(=O)N1CCC[C@H]1C(=O)Cc1ccc([C@H]2CC[C@H](c3ccc(CC(=O)[C@@H]4CCCN4C(=O)[C@@H](CC(=O)OC)[C@H]4CCOC4)cc3)N2c2ccc(F)cc2)cc1)[C@H]1CCOC1. The van der Waals surface area contributed by atoms with Gasteiger partial charge in [-0.2, -0.15) is 0 Å². The molecule has 352 valence electrons. The van der Waals surface area contributed by atoms with Crippen LogP contribution in [0.5, 0.6) is 0 Å². The zero-order valence-corrected chi connectivity index (χ0v) is 38.1. The number of methoxy groups -OCH3 is 2. The Hall–Kier alpha value is -5.47. The molecule has 13 nitrogen and oxygen atoms in total. The van der Waals surface area contributed by atoms with Gasteiger partial charge in [-0.05, 0) is 110 Å². The van der Waals surface area contributed by atoms with Crippen LogP contribution in [-0.2, 0) is 60.6 Å². The molecule has 2 amide bonds. The fourth-order valence-electron chi connectivity index (χ4n) is 11.1. The van der Waals surface area contributed by atoms with Gasteiger partial charge in [-0.1, -0.05) is 48.5 Å². The maximum atomic E-state index is 14.3. The van der Waals surface area contributed by atoms with Crippen molar-refractivity contribution < 1.29 is 52.1 Å². The predicted octanol–water partition coefficient (Wildman–Crippen LogP) is 6.55. The molecule has 0 saturated carbocycles. The minimum Gasteiger partial charge on any atom is -0.469 e. The summed E-state index contributed by atoms with van der Waals surface area (Å²) in [5, 5.41) is 0. The fourth-order valence-corrected chi connectivity index (χ4v) is 11.1. The van der Waals surface area contributed by atoms with Gasteiger partial charge < -0.3 is 33.6 Å². The van der Waals surface area contributed by atoms with Crippen LogP contribution in [0.1, 0.15) is 98.5 Å². The van der Waals surface area contributed by atoms with Gasteiger partial charge in [-0.25, -0.2) is 4.39 Å². The van der Waals surface area contributed by atoms with Crippen molar-refractivity contribution in [1.82, 2.24) is 9.80 Å². The predicted molar refractivity (Wildman–Crippen MR) is 241 cm³/mol. The lowest BCUT2D eigenvalue weighted by Gasteiger charge is -2.33. The molecule has 5 saturated heterocycles. The van der Waals surface area contributed by atoms with Crippen molar-refractivity contribution in [2.45, 2.75) is 101 Å². The number of nitrogens with zero attached hydrogens (tertiary/aromatic N) is 3. The smallest absolute Gasteiger partial charge is 0.306 e. The maximum absolute atomic E-state index is 14.3. The first-order valence-electron chi connectivity index (χ1n) is 23.7. The molecule has 0 unspecified atom stereocenters. The highest BCUT2D eigenvalue weighted by atomic mass is 19.1. The lowest BCUT2D eigenvalue weighted by atomic mass is 9.87. The fraction of sp³-hybridized carbons (Fsp3) is 0.538. The molecule has 8 rings (SSSR count). The van der Waals surface area contributed by atoms with Crippen LogP contribution in [0.3, 0.4) is 0 Å². The van der Waals surface area contributed by atoms with E-state index in [1.54, 1.807) is 21.9 Å². The second-order valence-electron chi connectivity index (χ2n) is 18.7. The van der Waals surface area contributed by atoms with E-state index in [-0.39, 0.29) is 78.8 Å². The molecule has 3 aromatic rings. The number of carbonyl (C=O) groups excluding carboxylic acids is 6. The zero-order valence-electron chi connectivity index (χ0n) is 38.1. The second-order valence-corrected chi connectivity index (χ2v) is 18.7. The first kappa shape index (κ1) is 47.0. The summed E-state index contributed by atoms with van der Waals surface area (Å²) in [6.45, 7) is 2.85. The highest BCUT2D eigenvalue weighted by Crippen LogP contribution is 2.47. The summed E-state index contributed by atoms with van der Waals surface area (Å²) in [6, 6.07) is 21.5. The van der Waals surface area contributed by atoms with E-state index >= 15 is 0 Å². The molecule has 5 aliphatic rings. The van der Waals surface area contributed by atoms with Crippen LogP contribution >= 0.6 is 0 Å². The van der Waals surface area contributed by atoms with E-state index in [2.05, 4.69) is 29.2 Å². The monoisotopic (exact) mass is 907 g/mol. The number of hydrogen-bond acceptors (Lipinski definition) is 11. The third-order valence-corrected chi connectivity index (χ3v) is 14.7. The van der Waals surface area contributed by atoms with Gasteiger partial charge in [0.05, 0.1) is 76.3 Å². The molecule has 0 aliphatic carbocycles. The van der Waals surface area contributed by atoms with E-state index in [1.165, 1.54) is 26.4 Å². The normalized spacial score (nSPS) is 24.9. The Morgan fingerprint density at radius 2 is 1.02 bits per heavy atom. The largest absolute Gasteiger partial charge is 0.469 e. The number of hydrogen-bond donors (Lipinski definition) is 0. The number of halogens is 1. The number of rotatable bonds is 17. The molecule has 5 aliphatic heterocycles. The summed E-state index contributed by atoms with van der Waals surface area (Å²) >= 11 is 0. The van der Waals surface area contributed by atoms with Crippen molar-refractivity contribution in [1.29, 1.82) is 0 Å². The van der Waals surface area contributed by atoms with Crippen molar-refractivity contribution >= 4 is 41.0 Å². The van der Waals surface area contributed by atoms with Crippen molar-refractivity contribution in [3.63, 3.8) is 0 Å². The molecular weight excluding hydrogens is 846 g/mol. The molecular formula is C52H62FN3O10. The minimum absolute atomic E-state index is 0.0275. The van der Waals surface area contributed by atoms with E-state index < -0.39 is 35.9 Å². The van der Waals surface area contributed by atoms with Crippen LogP contribution in [0, 0.1) is 29.5 Å². The van der Waals surface area contributed by atoms with Gasteiger partial charge in [0.15, 0.2) is 11.6 Å². The number of benzene rings is 3. The molecule has 5 heterocycles. The summed E-state index contributed by atoms with van der Waals surface area (Å²) in [4.78, 5) is 85.8. The van der Waals surface area contributed by atoms with Crippen LogP contribution in [0.15, 0.2) is 72.8 Å². The van der Waals surface area contributed by atoms with Crippen LogP contribution < -0.4 is 4.90 Å². The van der Waals surface area contributed by atoms with Crippen molar-refractivity contribution in [2.24, 2.45) is 23.7 Å². The first-order chi connectivity index (χ1) is 32.0. The third kappa shape index (κ3) is 10.5. The minimum atomic E-state index is -0.585. The van der Waals surface area contributed by atoms with Gasteiger partial charge in [-0.15, -0.1) is 0 Å². The Labute approximate surface area is 386 Å². The van der Waals surface area contributed by atoms with Gasteiger partial charge in [-0.3, -0.25) is 28.8 Å². The topological polar surface area (TPSA) is 149 Å². The van der Waals surface area contributed by atoms with Gasteiger partial charge in [0.25, 0.3) is 0 Å². The van der Waals surface area contributed by atoms with E-state index in [1.807, 2.05) is 24.3 Å². The standard InChI is InChI=1S/C52H62FN3O10/c1-63-49(59)29-41(37-21-25-65-31-37)51(61)54-23-3-5-45(54)47(57)27-33-7-11-35(12-8-33)43-19-20-44(56(43)40-17-15-39(53)16-18-40)36-13-9-34(10-14-36)28-48(58)46-6-4-24-55(46)52(62)42(30-50(60)64-2)38-22-26-66-32-38/h7-18,37-38,41-46H,3-6,19-32H2,1-2H3/t37-,38-,41-,42-,43+,44+,45-,46-/m0/s1. The van der Waals surface area contributed by atoms with E-state index in [0.717, 1.165) is 53.6 Å². The van der Waals surface area contributed by atoms with Crippen LogP contribution in [0.2, 0.25) is 0 Å². The molecule has 0 radical (unpaired) electrons. The van der Waals surface area contributed by atoms with Crippen LogP contribution in [-0.4, -0.2) is 111 Å². The molecule has 0 N–H and O–H groups in total. The highest BCUT2D eigenvalue weighted by molar-refractivity contribution is 5.94. The highest BCUT2D eigenvalue weighted by Gasteiger charge is 2.43. The Morgan fingerprint density at radius 1 is 0.591 bits per heavy atom. The number of ether oxygens (including phenoxy) is 4. The van der Waals surface area contributed by atoms with Crippen LogP contribution in [0.25, 0.3) is 0 Å². The number of ketones is 2. The lowest BCUT2D eigenvalue weighted by molar-refractivity contribution is -0.149. The molecule has 3 aromatic carbocycles. The maximum Gasteiger partial charge on any atom is 0.306 e. The average Bonchev–Trinajstić information content (AvgIpc) is 4.20. The van der Waals surface area contributed by atoms with Crippen LogP contribution in [0.4, 0.5) is 10.1 Å². The second kappa shape index (κ2) is 21.4. The van der Waals surface area contributed by atoms with Crippen molar-refractivity contribution in [3.05, 3.63) is 101 Å². The number of esters is 2. The number of likely N-dealkylation sites (tertiary alicyclic amines) is 2. The zero-order chi connectivity index (χ0) is 46.3. The summed E-state index contributed by atoms with van der Waals surface area (Å²) in [7, 11) is 2.63. The third-order valence-electron chi connectivity index (χ3n) is 14.7. The van der Waals surface area contributed by atoms with Gasteiger partial charge in [0.1, 0.15) is 5.82 Å². The Bertz CT molecular complexity index is 2070. The quantitative estimate of drug-likeness (QED) is 0.136. The van der Waals surface area contributed by atoms with Gasteiger partial charge in [0.2, 0.25) is 11.8 Å². The summed E-state index contributed by atoms with van der Waals surface area (Å²) in [5.74, 6) is -2.97. The molecule has 0 spiro atoms.